The molecule has 0 atom stereocenters. The molecule has 0 radical (unpaired) electrons. The smallest absolute Gasteiger partial charge is 0.284 e. The maximum absolute atomic E-state index is 13.6. The molecule has 1 heterocycles. The van der Waals surface area contributed by atoms with E-state index in [4.69, 9.17) is 0 Å². The fraction of sp³-hybridized carbons (Fsp3) is 0.231. The Morgan fingerprint density at radius 1 is 1.05 bits per heavy atom. The summed E-state index contributed by atoms with van der Waals surface area (Å²) >= 11 is 0. The molecule has 110 valence electrons. The monoisotopic (exact) mass is 300 g/mol. The molecule has 1 aliphatic rings. The Morgan fingerprint density at radius 3 is 2.33 bits per heavy atom. The predicted octanol–water partition coefficient (Wildman–Crippen LogP) is 3.22. The minimum atomic E-state index is -4.60. The van der Waals surface area contributed by atoms with Crippen molar-refractivity contribution in [2.45, 2.75) is 19.0 Å². The molecule has 2 rings (SSSR count). The summed E-state index contributed by atoms with van der Waals surface area (Å²) in [5.41, 5.74) is -0.830. The molecule has 0 spiro atoms. The van der Waals surface area contributed by atoms with Crippen LogP contribution in [-0.4, -0.2) is 11.7 Å². The highest BCUT2D eigenvalue weighted by molar-refractivity contribution is 6.41. The van der Waals surface area contributed by atoms with E-state index in [1.165, 1.54) is 0 Å². The highest BCUT2D eigenvalue weighted by Gasteiger charge is 2.31. The SMILES string of the molecule is O=C1C=C(CCc2ccc(C(F)(F)F)cc2F)N=NC1=O. The minimum absolute atomic E-state index is 0.0380. The van der Waals surface area contributed by atoms with E-state index >= 15 is 0 Å². The van der Waals surface area contributed by atoms with Gasteiger partial charge in [0.05, 0.1) is 11.3 Å². The molecule has 4 nitrogen and oxygen atoms in total. The maximum Gasteiger partial charge on any atom is 0.416 e. The third-order valence-electron chi connectivity index (χ3n) is 2.81. The molecular formula is C13H8F4N2O2. The quantitative estimate of drug-likeness (QED) is 0.635. The lowest BCUT2D eigenvalue weighted by atomic mass is 10.0. The van der Waals surface area contributed by atoms with E-state index in [0.717, 1.165) is 18.2 Å². The number of hydrogen-bond acceptors (Lipinski definition) is 3. The topological polar surface area (TPSA) is 58.9 Å². The van der Waals surface area contributed by atoms with Crippen molar-refractivity contribution in [2.24, 2.45) is 10.2 Å². The Hall–Kier alpha value is -2.38. The molecule has 8 heteroatoms. The van der Waals surface area contributed by atoms with Crippen molar-refractivity contribution in [3.63, 3.8) is 0 Å². The molecule has 0 bridgehead atoms. The van der Waals surface area contributed by atoms with Crippen molar-refractivity contribution in [3.8, 4) is 0 Å². The molecule has 0 N–H and O–H groups in total. The van der Waals surface area contributed by atoms with Gasteiger partial charge in [0.2, 0.25) is 5.78 Å². The van der Waals surface area contributed by atoms with E-state index in [1.54, 1.807) is 0 Å². The molecule has 0 unspecified atom stereocenters. The van der Waals surface area contributed by atoms with Gasteiger partial charge < -0.3 is 0 Å². The first-order chi connectivity index (χ1) is 9.77. The number of halogens is 4. The van der Waals surface area contributed by atoms with Gasteiger partial charge in [0.1, 0.15) is 5.82 Å². The van der Waals surface area contributed by atoms with Crippen LogP contribution in [0.2, 0.25) is 0 Å². The molecule has 1 amide bonds. The second-order valence-electron chi connectivity index (χ2n) is 4.31. The fourth-order valence-corrected chi connectivity index (χ4v) is 1.71. The van der Waals surface area contributed by atoms with Crippen LogP contribution in [0, 0.1) is 5.82 Å². The Labute approximate surface area is 116 Å². The number of nitrogens with zero attached hydrogens (tertiary/aromatic N) is 2. The predicted molar refractivity (Wildman–Crippen MR) is 62.7 cm³/mol. The molecule has 0 aromatic heterocycles. The van der Waals surface area contributed by atoms with E-state index < -0.39 is 29.2 Å². The summed E-state index contributed by atoms with van der Waals surface area (Å²) in [6, 6.07) is 2.23. The van der Waals surface area contributed by atoms with Crippen LogP contribution in [0.3, 0.4) is 0 Å². The van der Waals surface area contributed by atoms with Gasteiger partial charge >= 0.3 is 12.1 Å². The molecule has 0 saturated carbocycles. The molecule has 0 saturated heterocycles. The van der Waals surface area contributed by atoms with Gasteiger partial charge in [-0.2, -0.15) is 18.3 Å². The molecule has 1 aromatic carbocycles. The first-order valence-corrected chi connectivity index (χ1v) is 5.83. The van der Waals surface area contributed by atoms with Crippen molar-refractivity contribution < 1.29 is 27.2 Å². The number of aryl methyl sites for hydroxylation is 1. The van der Waals surface area contributed by atoms with Crippen LogP contribution in [0.1, 0.15) is 17.5 Å². The number of amides is 1. The molecule has 0 aliphatic carbocycles. The van der Waals surface area contributed by atoms with Crippen LogP contribution in [-0.2, 0) is 22.2 Å². The lowest BCUT2D eigenvalue weighted by molar-refractivity contribution is -0.137. The number of benzene rings is 1. The lowest BCUT2D eigenvalue weighted by Gasteiger charge is -2.09. The summed E-state index contributed by atoms with van der Waals surface area (Å²) in [5.74, 6) is -2.80. The minimum Gasteiger partial charge on any atom is -0.284 e. The van der Waals surface area contributed by atoms with Gasteiger partial charge in [-0.25, -0.2) is 4.39 Å². The number of azo groups is 1. The van der Waals surface area contributed by atoms with Gasteiger partial charge in [-0.05, 0) is 30.5 Å². The summed E-state index contributed by atoms with van der Waals surface area (Å²) in [6.07, 6.45) is -3.50. The van der Waals surface area contributed by atoms with Gasteiger partial charge in [0, 0.05) is 6.08 Å². The Kier molecular flexibility index (Phi) is 3.97. The van der Waals surface area contributed by atoms with Crippen LogP contribution in [0.15, 0.2) is 40.2 Å². The van der Waals surface area contributed by atoms with Gasteiger partial charge in [-0.3, -0.25) is 9.59 Å². The zero-order valence-electron chi connectivity index (χ0n) is 10.4. The van der Waals surface area contributed by atoms with E-state index in [0.29, 0.717) is 6.07 Å². The van der Waals surface area contributed by atoms with Gasteiger partial charge in [0.15, 0.2) is 0 Å². The number of hydrogen-bond donors (Lipinski definition) is 0. The van der Waals surface area contributed by atoms with Crippen molar-refractivity contribution in [2.75, 3.05) is 0 Å². The van der Waals surface area contributed by atoms with Gasteiger partial charge in [0.25, 0.3) is 0 Å². The van der Waals surface area contributed by atoms with Crippen LogP contribution in [0.25, 0.3) is 0 Å². The van der Waals surface area contributed by atoms with Crippen LogP contribution < -0.4 is 0 Å². The Balaban J connectivity index is 2.08. The van der Waals surface area contributed by atoms with Crippen molar-refractivity contribution in [1.29, 1.82) is 0 Å². The highest BCUT2D eigenvalue weighted by Crippen LogP contribution is 2.30. The molecule has 21 heavy (non-hydrogen) atoms. The number of carbonyl (C=O) groups is 2. The van der Waals surface area contributed by atoms with Gasteiger partial charge in [-0.1, -0.05) is 6.07 Å². The molecule has 1 aromatic rings. The number of alkyl halides is 3. The molecule has 1 aliphatic heterocycles. The van der Waals surface area contributed by atoms with Crippen molar-refractivity contribution in [1.82, 2.24) is 0 Å². The van der Waals surface area contributed by atoms with Crippen LogP contribution >= 0.6 is 0 Å². The number of ketones is 1. The number of carbonyl (C=O) groups excluding carboxylic acids is 2. The first kappa shape index (κ1) is 15.0. The number of allylic oxidation sites excluding steroid dienone is 1. The summed E-state index contributed by atoms with van der Waals surface area (Å²) < 4.78 is 50.7. The zero-order valence-corrected chi connectivity index (χ0v) is 10.4. The average Bonchev–Trinajstić information content (AvgIpc) is 2.40. The second-order valence-corrected chi connectivity index (χ2v) is 4.31. The zero-order chi connectivity index (χ0) is 15.6. The Bertz CT molecular complexity index is 663. The molecular weight excluding hydrogens is 292 g/mol. The van der Waals surface area contributed by atoms with E-state index in [1.807, 2.05) is 0 Å². The Morgan fingerprint density at radius 2 is 1.76 bits per heavy atom. The highest BCUT2D eigenvalue weighted by atomic mass is 19.4. The summed E-state index contributed by atoms with van der Waals surface area (Å²) in [4.78, 5) is 21.8. The van der Waals surface area contributed by atoms with Gasteiger partial charge in [-0.15, -0.1) is 5.11 Å². The van der Waals surface area contributed by atoms with E-state index in [-0.39, 0.29) is 24.1 Å². The standard InChI is InChI=1S/C13H8F4N2O2/c14-10-5-8(13(15,16)17)3-1-7(10)2-4-9-6-11(20)12(21)19-18-9/h1,3,5-6H,2,4H2. The van der Waals surface area contributed by atoms with Crippen LogP contribution in [0.4, 0.5) is 17.6 Å². The lowest BCUT2D eigenvalue weighted by Crippen LogP contribution is -2.11. The maximum atomic E-state index is 13.6. The number of rotatable bonds is 3. The average molecular weight is 300 g/mol. The van der Waals surface area contributed by atoms with Crippen LogP contribution in [0.5, 0.6) is 0 Å². The van der Waals surface area contributed by atoms with Crippen molar-refractivity contribution in [3.05, 3.63) is 46.9 Å². The normalized spacial score (nSPS) is 15.3. The van der Waals surface area contributed by atoms with Crippen molar-refractivity contribution >= 4 is 11.7 Å². The first-order valence-electron chi connectivity index (χ1n) is 5.83. The van der Waals surface area contributed by atoms with E-state index in [2.05, 4.69) is 10.2 Å². The largest absolute Gasteiger partial charge is 0.416 e. The summed E-state index contributed by atoms with van der Waals surface area (Å²) in [6.45, 7) is 0. The summed E-state index contributed by atoms with van der Waals surface area (Å²) in [7, 11) is 0. The molecule has 0 fully saturated rings. The van der Waals surface area contributed by atoms with E-state index in [9.17, 15) is 27.2 Å². The third kappa shape index (κ3) is 3.59. The second kappa shape index (κ2) is 5.55. The summed E-state index contributed by atoms with van der Waals surface area (Å²) in [5, 5.41) is 6.57. The third-order valence-corrected chi connectivity index (χ3v) is 2.81. The fourth-order valence-electron chi connectivity index (χ4n) is 1.71.